The van der Waals surface area contributed by atoms with E-state index in [1.165, 1.54) is 0 Å². The number of nitrogens with zero attached hydrogens (tertiary/aromatic N) is 2. The first-order valence-corrected chi connectivity index (χ1v) is 6.85. The highest BCUT2D eigenvalue weighted by atomic mass is 16.5. The van der Waals surface area contributed by atoms with E-state index >= 15 is 0 Å². The summed E-state index contributed by atoms with van der Waals surface area (Å²) in [7, 11) is 0. The Bertz CT molecular complexity index is 537. The van der Waals surface area contributed by atoms with Gasteiger partial charge in [-0.3, -0.25) is 0 Å². The molecule has 5 nitrogen and oxygen atoms in total. The molecule has 5 heteroatoms. The molecule has 1 heterocycles. The number of hydrogen-bond acceptors (Lipinski definition) is 5. The van der Waals surface area contributed by atoms with E-state index in [0.717, 1.165) is 24.4 Å². The van der Waals surface area contributed by atoms with Gasteiger partial charge in [0.25, 0.3) is 0 Å². The molecule has 0 radical (unpaired) electrons. The molecule has 0 saturated heterocycles. The Labute approximate surface area is 119 Å². The summed E-state index contributed by atoms with van der Waals surface area (Å²) < 4.78 is 10.7. The molecule has 0 spiro atoms. The zero-order valence-corrected chi connectivity index (χ0v) is 12.2. The molecule has 1 N–H and O–H groups in total. The molecule has 0 amide bonds. The maximum absolute atomic E-state index is 5.77. The molecule has 0 atom stereocenters. The summed E-state index contributed by atoms with van der Waals surface area (Å²) in [4.78, 5) is 4.12. The first-order valence-electron chi connectivity index (χ1n) is 6.85. The number of aryl methyl sites for hydroxylation is 1. The van der Waals surface area contributed by atoms with Crippen LogP contribution < -0.4 is 10.1 Å². The number of rotatable bonds is 7. The minimum atomic E-state index is 0.318. The fourth-order valence-corrected chi connectivity index (χ4v) is 1.83. The quantitative estimate of drug-likeness (QED) is 0.842. The van der Waals surface area contributed by atoms with Crippen LogP contribution in [0.3, 0.4) is 0 Å². The van der Waals surface area contributed by atoms with Crippen molar-refractivity contribution in [1.29, 1.82) is 0 Å². The zero-order chi connectivity index (χ0) is 14.4. The molecular weight excluding hydrogens is 254 g/mol. The van der Waals surface area contributed by atoms with Crippen molar-refractivity contribution in [3.8, 4) is 5.75 Å². The van der Waals surface area contributed by atoms with Crippen LogP contribution in [0.4, 0.5) is 0 Å². The lowest BCUT2D eigenvalue weighted by Crippen LogP contribution is -2.19. The highest BCUT2D eigenvalue weighted by molar-refractivity contribution is 5.33. The Balaban J connectivity index is 1.93. The van der Waals surface area contributed by atoms with E-state index in [4.69, 9.17) is 9.26 Å². The van der Waals surface area contributed by atoms with E-state index in [2.05, 4.69) is 35.4 Å². The zero-order valence-electron chi connectivity index (χ0n) is 12.2. The molecule has 2 aromatic rings. The van der Waals surface area contributed by atoms with Crippen molar-refractivity contribution >= 4 is 0 Å². The lowest BCUT2D eigenvalue weighted by Gasteiger charge is -2.12. The van der Waals surface area contributed by atoms with E-state index < -0.39 is 0 Å². The summed E-state index contributed by atoms with van der Waals surface area (Å²) in [5.41, 5.74) is 1.13. The summed E-state index contributed by atoms with van der Waals surface area (Å²) in [6.45, 7) is 8.23. The van der Waals surface area contributed by atoms with Crippen LogP contribution in [0.25, 0.3) is 0 Å². The van der Waals surface area contributed by atoms with Gasteiger partial charge in [0, 0.05) is 19.0 Å². The van der Waals surface area contributed by atoms with Gasteiger partial charge in [-0.1, -0.05) is 37.2 Å². The maximum Gasteiger partial charge on any atom is 0.223 e. The molecule has 2 rings (SSSR count). The molecule has 0 aliphatic carbocycles. The summed E-state index contributed by atoms with van der Waals surface area (Å²) in [6, 6.07) is 7.99. The average molecular weight is 275 g/mol. The summed E-state index contributed by atoms with van der Waals surface area (Å²) >= 11 is 0. The molecule has 0 aliphatic heterocycles. The molecule has 0 bridgehead atoms. The van der Waals surface area contributed by atoms with Gasteiger partial charge in [0.05, 0.1) is 0 Å². The minimum Gasteiger partial charge on any atom is -0.485 e. The van der Waals surface area contributed by atoms with Crippen molar-refractivity contribution in [3.63, 3.8) is 0 Å². The second kappa shape index (κ2) is 7.05. The van der Waals surface area contributed by atoms with E-state index in [9.17, 15) is 0 Å². The topological polar surface area (TPSA) is 60.2 Å². The highest BCUT2D eigenvalue weighted by Gasteiger charge is 2.06. The normalized spacial score (nSPS) is 11.0. The molecular formula is C15H21N3O2. The number of nitrogens with one attached hydrogen (secondary N) is 1. The van der Waals surface area contributed by atoms with Gasteiger partial charge >= 0.3 is 0 Å². The van der Waals surface area contributed by atoms with E-state index in [1.54, 1.807) is 6.92 Å². The van der Waals surface area contributed by atoms with Crippen molar-refractivity contribution in [1.82, 2.24) is 15.5 Å². The van der Waals surface area contributed by atoms with Gasteiger partial charge < -0.3 is 14.6 Å². The van der Waals surface area contributed by atoms with Crippen LogP contribution in [0, 0.1) is 12.8 Å². The summed E-state index contributed by atoms with van der Waals surface area (Å²) in [6.07, 6.45) is 0. The van der Waals surface area contributed by atoms with E-state index in [-0.39, 0.29) is 0 Å². The molecule has 0 unspecified atom stereocenters. The van der Waals surface area contributed by atoms with Gasteiger partial charge in [0.15, 0.2) is 6.61 Å². The van der Waals surface area contributed by atoms with Crippen LogP contribution in [0.1, 0.15) is 31.1 Å². The van der Waals surface area contributed by atoms with Gasteiger partial charge in [0.2, 0.25) is 11.7 Å². The largest absolute Gasteiger partial charge is 0.485 e. The minimum absolute atomic E-state index is 0.318. The second-order valence-corrected chi connectivity index (χ2v) is 5.15. The standard InChI is InChI=1S/C15H21N3O2/c1-11(2)8-16-9-13-6-4-5-7-14(13)19-10-15-17-12(3)20-18-15/h4-7,11,16H,8-10H2,1-3H3. The Hall–Kier alpha value is -1.88. The van der Waals surface area contributed by atoms with Crippen LogP contribution >= 0.6 is 0 Å². The summed E-state index contributed by atoms with van der Waals surface area (Å²) in [5, 5.41) is 7.23. The number of para-hydroxylation sites is 1. The molecule has 0 fully saturated rings. The van der Waals surface area contributed by atoms with Gasteiger partial charge in [-0.05, 0) is 18.5 Å². The third-order valence-electron chi connectivity index (χ3n) is 2.77. The lowest BCUT2D eigenvalue weighted by atomic mass is 10.2. The predicted molar refractivity (Wildman–Crippen MR) is 76.4 cm³/mol. The SMILES string of the molecule is Cc1nc(COc2ccccc2CNCC(C)C)no1. The molecule has 108 valence electrons. The third-order valence-corrected chi connectivity index (χ3v) is 2.77. The van der Waals surface area contributed by atoms with Crippen LogP contribution in [-0.2, 0) is 13.2 Å². The fraction of sp³-hybridized carbons (Fsp3) is 0.467. The van der Waals surface area contributed by atoms with Crippen LogP contribution in [0.15, 0.2) is 28.8 Å². The highest BCUT2D eigenvalue weighted by Crippen LogP contribution is 2.18. The summed E-state index contributed by atoms with van der Waals surface area (Å²) in [5.74, 6) is 2.60. The van der Waals surface area contributed by atoms with Crippen molar-refractivity contribution in [3.05, 3.63) is 41.5 Å². The van der Waals surface area contributed by atoms with Crippen LogP contribution in [0.5, 0.6) is 5.75 Å². The van der Waals surface area contributed by atoms with Gasteiger partial charge in [0.1, 0.15) is 5.75 Å². The molecule has 0 saturated carbocycles. The van der Waals surface area contributed by atoms with E-state index in [0.29, 0.717) is 24.2 Å². The number of aromatic nitrogens is 2. The maximum atomic E-state index is 5.77. The Kier molecular flexibility index (Phi) is 5.12. The average Bonchev–Trinajstić information content (AvgIpc) is 2.83. The first-order chi connectivity index (χ1) is 9.65. The molecule has 1 aromatic heterocycles. The van der Waals surface area contributed by atoms with Crippen LogP contribution in [0.2, 0.25) is 0 Å². The second-order valence-electron chi connectivity index (χ2n) is 5.15. The molecule has 0 aliphatic rings. The van der Waals surface area contributed by atoms with Crippen molar-refractivity contribution in [2.24, 2.45) is 5.92 Å². The van der Waals surface area contributed by atoms with Crippen molar-refractivity contribution in [2.75, 3.05) is 6.54 Å². The lowest BCUT2D eigenvalue weighted by molar-refractivity contribution is 0.282. The predicted octanol–water partition coefficient (Wildman–Crippen LogP) is 2.70. The number of ether oxygens (including phenoxy) is 1. The number of hydrogen-bond donors (Lipinski definition) is 1. The van der Waals surface area contributed by atoms with Gasteiger partial charge in [-0.25, -0.2) is 0 Å². The Morgan fingerprint density at radius 3 is 2.80 bits per heavy atom. The smallest absolute Gasteiger partial charge is 0.223 e. The van der Waals surface area contributed by atoms with E-state index in [1.807, 2.05) is 18.2 Å². The monoisotopic (exact) mass is 275 g/mol. The first kappa shape index (κ1) is 14.5. The van der Waals surface area contributed by atoms with Gasteiger partial charge in [-0.2, -0.15) is 4.98 Å². The third kappa shape index (κ3) is 4.35. The molecule has 20 heavy (non-hydrogen) atoms. The Morgan fingerprint density at radius 1 is 1.30 bits per heavy atom. The van der Waals surface area contributed by atoms with Gasteiger partial charge in [-0.15, -0.1) is 0 Å². The van der Waals surface area contributed by atoms with Crippen molar-refractivity contribution < 1.29 is 9.26 Å². The Morgan fingerprint density at radius 2 is 2.10 bits per heavy atom. The van der Waals surface area contributed by atoms with Crippen molar-refractivity contribution in [2.45, 2.75) is 33.9 Å². The fourth-order valence-electron chi connectivity index (χ4n) is 1.83. The molecule has 1 aromatic carbocycles. The number of benzene rings is 1. The van der Waals surface area contributed by atoms with Crippen LogP contribution in [-0.4, -0.2) is 16.7 Å².